The Balaban J connectivity index is 1.70. The molecule has 2 aliphatic rings. The zero-order chi connectivity index (χ0) is 14.4. The van der Waals surface area contributed by atoms with Gasteiger partial charge in [-0.2, -0.15) is 0 Å². The van der Waals surface area contributed by atoms with Crippen LogP contribution in [0.25, 0.3) is 0 Å². The number of aliphatic hydroxyl groups excluding tert-OH is 1. The summed E-state index contributed by atoms with van der Waals surface area (Å²) in [5.74, 6) is 0.00103. The average Bonchev–Trinajstić information content (AvgIpc) is 3.07. The first kappa shape index (κ1) is 15.3. The highest BCUT2D eigenvalue weighted by molar-refractivity contribution is 5.89. The second-order valence-corrected chi connectivity index (χ2v) is 5.96. The molecule has 0 aromatic carbocycles. The molecule has 0 spiro atoms. The first-order valence-electron chi connectivity index (χ1n) is 7.90. The van der Waals surface area contributed by atoms with E-state index >= 15 is 0 Å². The zero-order valence-electron chi connectivity index (χ0n) is 12.1. The molecule has 0 bridgehead atoms. The molecular formula is C15H26N2O3. The summed E-state index contributed by atoms with van der Waals surface area (Å²) in [7, 11) is 0. The van der Waals surface area contributed by atoms with Crippen LogP contribution in [0.15, 0.2) is 0 Å². The van der Waals surface area contributed by atoms with Crippen molar-refractivity contribution in [3.63, 3.8) is 0 Å². The zero-order valence-corrected chi connectivity index (χ0v) is 12.1. The second-order valence-electron chi connectivity index (χ2n) is 5.96. The van der Waals surface area contributed by atoms with E-state index in [0.29, 0.717) is 25.6 Å². The van der Waals surface area contributed by atoms with E-state index < -0.39 is 0 Å². The van der Waals surface area contributed by atoms with E-state index in [4.69, 9.17) is 5.11 Å². The molecular weight excluding hydrogens is 256 g/mol. The van der Waals surface area contributed by atoms with Crippen LogP contribution in [0.4, 0.5) is 0 Å². The van der Waals surface area contributed by atoms with Crippen molar-refractivity contribution in [1.29, 1.82) is 0 Å². The van der Waals surface area contributed by atoms with E-state index in [2.05, 4.69) is 5.32 Å². The third kappa shape index (κ3) is 3.95. The molecule has 2 rings (SSSR count). The van der Waals surface area contributed by atoms with Gasteiger partial charge in [0.25, 0.3) is 0 Å². The molecule has 0 aromatic heterocycles. The summed E-state index contributed by atoms with van der Waals surface area (Å²) in [5.41, 5.74) is 0. The smallest absolute Gasteiger partial charge is 0.225 e. The van der Waals surface area contributed by atoms with E-state index in [1.807, 2.05) is 4.90 Å². The maximum Gasteiger partial charge on any atom is 0.225 e. The molecule has 1 aliphatic heterocycles. The molecule has 1 saturated heterocycles. The fourth-order valence-corrected chi connectivity index (χ4v) is 3.25. The SMILES string of the molecule is O=C(NCCCCCO)C1CC(=O)N(C2CCCC2)C1. The van der Waals surface area contributed by atoms with E-state index in [1.165, 1.54) is 12.8 Å². The highest BCUT2D eigenvalue weighted by atomic mass is 16.3. The number of amides is 2. The number of nitrogens with one attached hydrogen (secondary N) is 1. The first-order chi connectivity index (χ1) is 9.72. The maximum atomic E-state index is 12.0. The molecule has 1 heterocycles. The van der Waals surface area contributed by atoms with Crippen LogP contribution in [0.2, 0.25) is 0 Å². The molecule has 0 radical (unpaired) electrons. The Morgan fingerprint density at radius 3 is 2.70 bits per heavy atom. The molecule has 5 heteroatoms. The molecule has 2 fully saturated rings. The summed E-state index contributed by atoms with van der Waals surface area (Å²) in [6.45, 7) is 1.46. The Morgan fingerprint density at radius 2 is 2.00 bits per heavy atom. The summed E-state index contributed by atoms with van der Waals surface area (Å²) in [4.78, 5) is 26.0. The molecule has 1 atom stereocenters. The van der Waals surface area contributed by atoms with Gasteiger partial charge in [-0.3, -0.25) is 9.59 Å². The summed E-state index contributed by atoms with van der Waals surface area (Å²) in [6, 6.07) is 0.379. The number of unbranched alkanes of at least 4 members (excludes halogenated alkanes) is 2. The molecule has 0 aromatic rings. The number of aliphatic hydroxyl groups is 1. The van der Waals surface area contributed by atoms with E-state index in [-0.39, 0.29) is 24.3 Å². The van der Waals surface area contributed by atoms with Crippen molar-refractivity contribution in [2.24, 2.45) is 5.92 Å². The lowest BCUT2D eigenvalue weighted by atomic mass is 10.1. The van der Waals surface area contributed by atoms with Gasteiger partial charge >= 0.3 is 0 Å². The molecule has 2 amide bonds. The van der Waals surface area contributed by atoms with Crippen LogP contribution in [0.5, 0.6) is 0 Å². The summed E-state index contributed by atoms with van der Waals surface area (Å²) in [5, 5.41) is 11.6. The maximum absolute atomic E-state index is 12.0. The third-order valence-electron chi connectivity index (χ3n) is 4.43. The largest absolute Gasteiger partial charge is 0.396 e. The quantitative estimate of drug-likeness (QED) is 0.686. The first-order valence-corrected chi connectivity index (χ1v) is 7.90. The van der Waals surface area contributed by atoms with Crippen molar-refractivity contribution in [2.75, 3.05) is 19.7 Å². The third-order valence-corrected chi connectivity index (χ3v) is 4.43. The lowest BCUT2D eigenvalue weighted by molar-refractivity contribution is -0.130. The van der Waals surface area contributed by atoms with Crippen molar-refractivity contribution < 1.29 is 14.7 Å². The Morgan fingerprint density at radius 1 is 1.25 bits per heavy atom. The average molecular weight is 282 g/mol. The summed E-state index contributed by atoms with van der Waals surface area (Å²) in [6.07, 6.45) is 7.58. The molecule has 2 N–H and O–H groups in total. The molecule has 5 nitrogen and oxygen atoms in total. The van der Waals surface area contributed by atoms with Gasteiger partial charge in [0, 0.05) is 32.2 Å². The number of likely N-dealkylation sites (tertiary alicyclic amines) is 1. The van der Waals surface area contributed by atoms with Crippen molar-refractivity contribution in [3.05, 3.63) is 0 Å². The van der Waals surface area contributed by atoms with Gasteiger partial charge in [-0.1, -0.05) is 12.8 Å². The van der Waals surface area contributed by atoms with Gasteiger partial charge in [-0.15, -0.1) is 0 Å². The van der Waals surface area contributed by atoms with Crippen molar-refractivity contribution in [1.82, 2.24) is 10.2 Å². The van der Waals surface area contributed by atoms with E-state index in [0.717, 1.165) is 32.1 Å². The Bertz CT molecular complexity index is 340. The lowest BCUT2D eigenvalue weighted by Crippen LogP contribution is -2.37. The van der Waals surface area contributed by atoms with Crippen LogP contribution < -0.4 is 5.32 Å². The lowest BCUT2D eigenvalue weighted by Gasteiger charge is -2.23. The standard InChI is InChI=1S/C15H26N2O3/c18-9-5-1-4-8-16-15(20)12-10-14(19)17(11-12)13-6-2-3-7-13/h12-13,18H,1-11H2,(H,16,20). The van der Waals surface area contributed by atoms with Gasteiger partial charge in [-0.05, 0) is 32.1 Å². The van der Waals surface area contributed by atoms with Gasteiger partial charge in [0.2, 0.25) is 11.8 Å². The molecule has 1 aliphatic carbocycles. The molecule has 114 valence electrons. The predicted octanol–water partition coefficient (Wildman–Crippen LogP) is 1.06. The molecule has 20 heavy (non-hydrogen) atoms. The number of nitrogens with zero attached hydrogens (tertiary/aromatic N) is 1. The number of carbonyl (C=O) groups is 2. The van der Waals surface area contributed by atoms with Crippen LogP contribution in [0.3, 0.4) is 0 Å². The normalized spacial score (nSPS) is 23.6. The van der Waals surface area contributed by atoms with Crippen molar-refractivity contribution in [2.45, 2.75) is 57.4 Å². The number of hydrogen-bond donors (Lipinski definition) is 2. The molecule has 1 saturated carbocycles. The number of rotatable bonds is 7. The highest BCUT2D eigenvalue weighted by Crippen LogP contribution is 2.29. The summed E-state index contributed by atoms with van der Waals surface area (Å²) < 4.78 is 0. The van der Waals surface area contributed by atoms with E-state index in [9.17, 15) is 9.59 Å². The number of hydrogen-bond acceptors (Lipinski definition) is 3. The minimum atomic E-state index is -0.166. The monoisotopic (exact) mass is 282 g/mol. The highest BCUT2D eigenvalue weighted by Gasteiger charge is 2.38. The van der Waals surface area contributed by atoms with Crippen molar-refractivity contribution >= 4 is 11.8 Å². The topological polar surface area (TPSA) is 69.6 Å². The minimum Gasteiger partial charge on any atom is -0.396 e. The fourth-order valence-electron chi connectivity index (χ4n) is 3.25. The van der Waals surface area contributed by atoms with E-state index in [1.54, 1.807) is 0 Å². The van der Waals surface area contributed by atoms with Crippen LogP contribution in [-0.4, -0.2) is 47.6 Å². The Labute approximate surface area is 120 Å². The second kappa shape index (κ2) is 7.62. The summed E-state index contributed by atoms with van der Waals surface area (Å²) >= 11 is 0. The predicted molar refractivity (Wildman–Crippen MR) is 76.0 cm³/mol. The fraction of sp³-hybridized carbons (Fsp3) is 0.867. The number of carbonyl (C=O) groups excluding carboxylic acids is 2. The molecule has 1 unspecified atom stereocenters. The van der Waals surface area contributed by atoms with Gasteiger partial charge < -0.3 is 15.3 Å². The van der Waals surface area contributed by atoms with Gasteiger partial charge in [0.1, 0.15) is 0 Å². The van der Waals surface area contributed by atoms with Crippen LogP contribution >= 0.6 is 0 Å². The van der Waals surface area contributed by atoms with Gasteiger partial charge in [-0.25, -0.2) is 0 Å². The Kier molecular flexibility index (Phi) is 5.83. The van der Waals surface area contributed by atoms with Crippen LogP contribution in [0.1, 0.15) is 51.4 Å². The van der Waals surface area contributed by atoms with Crippen LogP contribution in [-0.2, 0) is 9.59 Å². The van der Waals surface area contributed by atoms with Gasteiger partial charge in [0.15, 0.2) is 0 Å². The van der Waals surface area contributed by atoms with Crippen molar-refractivity contribution in [3.8, 4) is 0 Å². The van der Waals surface area contributed by atoms with Crippen LogP contribution in [0, 0.1) is 5.92 Å². The Hall–Kier alpha value is -1.10. The van der Waals surface area contributed by atoms with Gasteiger partial charge in [0.05, 0.1) is 5.92 Å². The minimum absolute atomic E-state index is 0.0165.